The van der Waals surface area contributed by atoms with E-state index < -0.39 is 0 Å². The van der Waals surface area contributed by atoms with Crippen LogP contribution in [0.25, 0.3) is 0 Å². The van der Waals surface area contributed by atoms with Crippen molar-refractivity contribution in [3.8, 4) is 0 Å². The lowest BCUT2D eigenvalue weighted by Gasteiger charge is -2.08. The molecule has 14 heavy (non-hydrogen) atoms. The Kier molecular flexibility index (Phi) is 3.46. The van der Waals surface area contributed by atoms with Crippen LogP contribution in [-0.4, -0.2) is 21.5 Å². The quantitative estimate of drug-likeness (QED) is 0.745. The highest BCUT2D eigenvalue weighted by atomic mass is 32.1. The fraction of sp³-hybridized carbons (Fsp3) is 0.556. The monoisotopic (exact) mass is 213 g/mol. The molecule has 0 saturated carbocycles. The number of carbonyl (C=O) groups excluding carboxylic acids is 1. The van der Waals surface area contributed by atoms with Crippen LogP contribution in [0.5, 0.6) is 0 Å². The number of aromatic amines is 1. The fourth-order valence-corrected chi connectivity index (χ4v) is 1.48. The molecule has 0 aliphatic carbocycles. The Balaban J connectivity index is 2.65. The summed E-state index contributed by atoms with van der Waals surface area (Å²) in [6.45, 7) is 6.05. The number of aromatic nitrogens is 2. The normalized spacial score (nSPS) is 10.6. The van der Waals surface area contributed by atoms with E-state index >= 15 is 0 Å². The summed E-state index contributed by atoms with van der Waals surface area (Å²) >= 11 is 5.03. The number of nitrogens with one attached hydrogen (secondary N) is 2. The molecule has 4 nitrogen and oxygen atoms in total. The molecule has 0 aromatic carbocycles. The lowest BCUT2D eigenvalue weighted by molar-refractivity contribution is -0.122. The molecule has 0 fully saturated rings. The maximum absolute atomic E-state index is 11.4. The summed E-state index contributed by atoms with van der Waals surface area (Å²) in [5, 5.41) is 2.81. The first-order valence-electron chi connectivity index (χ1n) is 4.54. The van der Waals surface area contributed by atoms with Crippen molar-refractivity contribution in [1.82, 2.24) is 14.9 Å². The lowest BCUT2D eigenvalue weighted by atomic mass is 10.4. The maximum Gasteiger partial charge on any atom is 0.240 e. The molecule has 0 spiro atoms. The van der Waals surface area contributed by atoms with E-state index in [1.54, 1.807) is 4.57 Å². The molecule has 1 rings (SSSR count). The van der Waals surface area contributed by atoms with Crippen molar-refractivity contribution in [3.05, 3.63) is 16.7 Å². The molecule has 0 aliphatic heterocycles. The minimum Gasteiger partial charge on any atom is -0.352 e. The second-order valence-corrected chi connectivity index (χ2v) is 3.98. The van der Waals surface area contributed by atoms with Crippen LogP contribution in [0.15, 0.2) is 6.20 Å². The van der Waals surface area contributed by atoms with Gasteiger partial charge in [0.15, 0.2) is 4.77 Å². The standard InChI is InChI=1S/C9H15N3OS/c1-6(2)10-8(13)5-12-4-7(3)11-9(12)14/h4,6H,5H2,1-3H3,(H,10,13)(H,11,14). The second kappa shape index (κ2) is 4.41. The smallest absolute Gasteiger partial charge is 0.240 e. The molecule has 5 heteroatoms. The van der Waals surface area contributed by atoms with E-state index in [0.29, 0.717) is 4.77 Å². The first kappa shape index (κ1) is 11.0. The summed E-state index contributed by atoms with van der Waals surface area (Å²) in [5.41, 5.74) is 0.965. The number of nitrogens with zero attached hydrogens (tertiary/aromatic N) is 1. The molecule has 0 aliphatic rings. The summed E-state index contributed by atoms with van der Waals surface area (Å²) < 4.78 is 2.31. The number of amides is 1. The van der Waals surface area contributed by atoms with E-state index in [1.807, 2.05) is 27.0 Å². The molecule has 0 radical (unpaired) electrons. The summed E-state index contributed by atoms with van der Waals surface area (Å²) in [6.07, 6.45) is 1.84. The first-order chi connectivity index (χ1) is 6.49. The van der Waals surface area contributed by atoms with E-state index in [2.05, 4.69) is 10.3 Å². The minimum absolute atomic E-state index is 0.0184. The van der Waals surface area contributed by atoms with Crippen molar-refractivity contribution < 1.29 is 4.79 Å². The van der Waals surface area contributed by atoms with Crippen molar-refractivity contribution >= 4 is 18.1 Å². The van der Waals surface area contributed by atoms with Gasteiger partial charge in [0.2, 0.25) is 5.91 Å². The van der Waals surface area contributed by atoms with E-state index in [1.165, 1.54) is 0 Å². The number of hydrogen-bond donors (Lipinski definition) is 2. The average molecular weight is 213 g/mol. The first-order valence-corrected chi connectivity index (χ1v) is 4.95. The minimum atomic E-state index is -0.0184. The van der Waals surface area contributed by atoms with Crippen LogP contribution in [-0.2, 0) is 11.3 Å². The Labute approximate surface area is 88.3 Å². The zero-order valence-corrected chi connectivity index (χ0v) is 9.44. The highest BCUT2D eigenvalue weighted by Crippen LogP contribution is 1.96. The van der Waals surface area contributed by atoms with Crippen LogP contribution in [0, 0.1) is 11.7 Å². The van der Waals surface area contributed by atoms with Gasteiger partial charge in [-0.1, -0.05) is 0 Å². The van der Waals surface area contributed by atoms with Crippen LogP contribution < -0.4 is 5.32 Å². The summed E-state index contributed by atoms with van der Waals surface area (Å²) in [5.74, 6) is -0.0184. The lowest BCUT2D eigenvalue weighted by Crippen LogP contribution is -2.32. The van der Waals surface area contributed by atoms with Gasteiger partial charge >= 0.3 is 0 Å². The van der Waals surface area contributed by atoms with Gasteiger partial charge in [-0.3, -0.25) is 4.79 Å². The third kappa shape index (κ3) is 2.99. The Morgan fingerprint density at radius 1 is 1.71 bits per heavy atom. The summed E-state index contributed by atoms with van der Waals surface area (Å²) in [4.78, 5) is 14.4. The molecule has 1 heterocycles. The van der Waals surface area contributed by atoms with Crippen molar-refractivity contribution in [2.45, 2.75) is 33.4 Å². The van der Waals surface area contributed by atoms with Gasteiger partial charge in [-0.25, -0.2) is 0 Å². The van der Waals surface area contributed by atoms with E-state index in [0.717, 1.165) is 5.69 Å². The van der Waals surface area contributed by atoms with Gasteiger partial charge in [0.05, 0.1) is 0 Å². The Hall–Kier alpha value is -1.10. The number of hydrogen-bond acceptors (Lipinski definition) is 2. The summed E-state index contributed by atoms with van der Waals surface area (Å²) in [6, 6.07) is 0.164. The molecule has 1 aromatic heterocycles. The third-order valence-corrected chi connectivity index (χ3v) is 2.01. The zero-order chi connectivity index (χ0) is 10.7. The predicted octanol–water partition coefficient (Wildman–Crippen LogP) is 1.38. The van der Waals surface area contributed by atoms with Gasteiger partial charge in [-0.05, 0) is 33.0 Å². The molecule has 0 saturated heterocycles. The molecule has 1 aromatic rings. The van der Waals surface area contributed by atoms with Gasteiger partial charge in [0, 0.05) is 17.9 Å². The van der Waals surface area contributed by atoms with Gasteiger partial charge in [-0.2, -0.15) is 0 Å². The van der Waals surface area contributed by atoms with E-state index in [4.69, 9.17) is 12.2 Å². The fourth-order valence-electron chi connectivity index (χ4n) is 1.20. The number of H-pyrrole nitrogens is 1. The van der Waals surface area contributed by atoms with Crippen LogP contribution in [0.4, 0.5) is 0 Å². The molecule has 0 atom stereocenters. The highest BCUT2D eigenvalue weighted by Gasteiger charge is 2.05. The van der Waals surface area contributed by atoms with Crippen molar-refractivity contribution in [2.24, 2.45) is 0 Å². The largest absolute Gasteiger partial charge is 0.352 e. The molecular formula is C9H15N3OS. The third-order valence-electron chi connectivity index (χ3n) is 1.68. The number of imidazole rings is 1. The van der Waals surface area contributed by atoms with Crippen LogP contribution >= 0.6 is 12.2 Å². The second-order valence-electron chi connectivity index (χ2n) is 3.59. The van der Waals surface area contributed by atoms with Crippen LogP contribution in [0.3, 0.4) is 0 Å². The Morgan fingerprint density at radius 3 is 2.79 bits per heavy atom. The van der Waals surface area contributed by atoms with Gasteiger partial charge < -0.3 is 14.9 Å². The average Bonchev–Trinajstić information content (AvgIpc) is 2.28. The maximum atomic E-state index is 11.4. The molecular weight excluding hydrogens is 198 g/mol. The molecule has 2 N–H and O–H groups in total. The van der Waals surface area contributed by atoms with Gasteiger partial charge in [-0.15, -0.1) is 0 Å². The van der Waals surface area contributed by atoms with Gasteiger partial charge in [0.25, 0.3) is 0 Å². The molecule has 78 valence electrons. The van der Waals surface area contributed by atoms with Crippen LogP contribution in [0.1, 0.15) is 19.5 Å². The SMILES string of the molecule is Cc1cn(CC(=O)NC(C)C)c(=S)[nH]1. The van der Waals surface area contributed by atoms with Crippen molar-refractivity contribution in [1.29, 1.82) is 0 Å². The number of rotatable bonds is 3. The van der Waals surface area contributed by atoms with E-state index in [-0.39, 0.29) is 18.5 Å². The Bertz CT molecular complexity index is 378. The van der Waals surface area contributed by atoms with E-state index in [9.17, 15) is 4.79 Å². The zero-order valence-electron chi connectivity index (χ0n) is 8.63. The molecule has 0 unspecified atom stereocenters. The van der Waals surface area contributed by atoms with Gasteiger partial charge in [0.1, 0.15) is 6.54 Å². The Morgan fingerprint density at radius 2 is 2.36 bits per heavy atom. The van der Waals surface area contributed by atoms with Crippen molar-refractivity contribution in [3.63, 3.8) is 0 Å². The number of aryl methyl sites for hydroxylation is 1. The van der Waals surface area contributed by atoms with Crippen molar-refractivity contribution in [2.75, 3.05) is 0 Å². The van der Waals surface area contributed by atoms with Crippen LogP contribution in [0.2, 0.25) is 0 Å². The topological polar surface area (TPSA) is 49.8 Å². The molecule has 1 amide bonds. The highest BCUT2D eigenvalue weighted by molar-refractivity contribution is 7.71. The summed E-state index contributed by atoms with van der Waals surface area (Å²) in [7, 11) is 0. The predicted molar refractivity (Wildman–Crippen MR) is 57.6 cm³/mol. The number of carbonyl (C=O) groups is 1. The molecule has 0 bridgehead atoms.